The maximum Gasteiger partial charge on any atom is 0.261 e. The highest BCUT2D eigenvalue weighted by atomic mass is 32.1. The fourth-order valence-corrected chi connectivity index (χ4v) is 4.42. The molecule has 1 aliphatic heterocycles. The summed E-state index contributed by atoms with van der Waals surface area (Å²) in [6, 6.07) is 11.8. The van der Waals surface area contributed by atoms with Crippen LogP contribution >= 0.6 is 11.3 Å². The predicted octanol–water partition coefficient (Wildman–Crippen LogP) is 1.98. The number of ether oxygens (including phenoxy) is 2. The molecule has 2 amide bonds. The number of carbonyl (C=O) groups excluding carboxylic acids is 2. The fourth-order valence-electron chi connectivity index (χ4n) is 3.54. The van der Waals surface area contributed by atoms with Crippen LogP contribution in [0.15, 0.2) is 47.8 Å². The summed E-state index contributed by atoms with van der Waals surface area (Å²) in [5.74, 6) is 0.0744. The van der Waals surface area contributed by atoms with Gasteiger partial charge in [-0.1, -0.05) is 24.3 Å². The van der Waals surface area contributed by atoms with E-state index in [9.17, 15) is 14.7 Å². The molecule has 1 fully saturated rings. The summed E-state index contributed by atoms with van der Waals surface area (Å²) in [4.78, 5) is 27.8. The number of nitrogens with one attached hydrogen (secondary N) is 1. The molecule has 2 aromatic rings. The van der Waals surface area contributed by atoms with Crippen molar-refractivity contribution in [3.8, 4) is 5.75 Å². The van der Waals surface area contributed by atoms with E-state index >= 15 is 0 Å². The number of carbonyl (C=O) groups is 2. The SMILES string of the molecule is COCC(=O)N[C@H]1[C@H](c2cccs2)N(C(=O)COc2ccccc2)CC[C@@]1(C)O. The first-order chi connectivity index (χ1) is 13.9. The van der Waals surface area contributed by atoms with Gasteiger partial charge in [0.15, 0.2) is 6.61 Å². The van der Waals surface area contributed by atoms with Gasteiger partial charge in [0, 0.05) is 18.5 Å². The average molecular weight is 419 g/mol. The Morgan fingerprint density at radius 1 is 1.24 bits per heavy atom. The summed E-state index contributed by atoms with van der Waals surface area (Å²) < 4.78 is 10.5. The minimum absolute atomic E-state index is 0.116. The molecule has 0 saturated carbocycles. The molecule has 2 heterocycles. The molecular formula is C21H26N2O5S. The van der Waals surface area contributed by atoms with Crippen molar-refractivity contribution in [2.45, 2.75) is 31.0 Å². The molecule has 8 heteroatoms. The van der Waals surface area contributed by atoms with Crippen molar-refractivity contribution in [2.24, 2.45) is 0 Å². The van der Waals surface area contributed by atoms with Crippen LogP contribution in [0.5, 0.6) is 5.75 Å². The number of rotatable bonds is 7. The van der Waals surface area contributed by atoms with Gasteiger partial charge in [-0.2, -0.15) is 0 Å². The van der Waals surface area contributed by atoms with Crippen molar-refractivity contribution in [3.63, 3.8) is 0 Å². The fraction of sp³-hybridized carbons (Fsp3) is 0.429. The summed E-state index contributed by atoms with van der Waals surface area (Å²) in [5.41, 5.74) is -1.17. The minimum Gasteiger partial charge on any atom is -0.484 e. The molecule has 0 unspecified atom stereocenters. The second kappa shape index (κ2) is 9.39. The van der Waals surface area contributed by atoms with E-state index in [1.165, 1.54) is 18.4 Å². The first kappa shape index (κ1) is 21.3. The zero-order valence-electron chi connectivity index (χ0n) is 16.5. The second-order valence-corrected chi connectivity index (χ2v) is 8.21. The Labute approximate surface area is 174 Å². The molecule has 3 rings (SSSR count). The number of methoxy groups -OCH3 is 1. The maximum atomic E-state index is 13.0. The molecule has 3 atom stereocenters. The van der Waals surface area contributed by atoms with Crippen molar-refractivity contribution in [3.05, 3.63) is 52.7 Å². The highest BCUT2D eigenvalue weighted by Crippen LogP contribution is 2.38. The monoisotopic (exact) mass is 418 g/mol. The Morgan fingerprint density at radius 3 is 2.66 bits per heavy atom. The lowest BCUT2D eigenvalue weighted by Gasteiger charge is -2.48. The van der Waals surface area contributed by atoms with Gasteiger partial charge in [0.1, 0.15) is 12.4 Å². The number of para-hydroxylation sites is 1. The molecule has 0 spiro atoms. The van der Waals surface area contributed by atoms with Crippen molar-refractivity contribution in [1.82, 2.24) is 10.2 Å². The number of thiophene rings is 1. The molecule has 7 nitrogen and oxygen atoms in total. The molecule has 29 heavy (non-hydrogen) atoms. The van der Waals surface area contributed by atoms with Crippen LogP contribution < -0.4 is 10.1 Å². The molecule has 1 aromatic carbocycles. The van der Waals surface area contributed by atoms with E-state index in [0.717, 1.165) is 4.88 Å². The Morgan fingerprint density at radius 2 is 2.00 bits per heavy atom. The molecule has 1 aliphatic rings. The van der Waals surface area contributed by atoms with Crippen LogP contribution in [-0.4, -0.2) is 60.3 Å². The zero-order chi connectivity index (χ0) is 20.9. The largest absolute Gasteiger partial charge is 0.484 e. The molecule has 1 aromatic heterocycles. The van der Waals surface area contributed by atoms with E-state index in [-0.39, 0.29) is 25.0 Å². The maximum absolute atomic E-state index is 13.0. The number of nitrogens with zero attached hydrogens (tertiary/aromatic N) is 1. The molecule has 1 saturated heterocycles. The second-order valence-electron chi connectivity index (χ2n) is 7.23. The third-order valence-electron chi connectivity index (χ3n) is 5.03. The van der Waals surface area contributed by atoms with Crippen LogP contribution in [-0.2, 0) is 14.3 Å². The molecule has 0 bridgehead atoms. The minimum atomic E-state index is -1.17. The van der Waals surface area contributed by atoms with E-state index in [0.29, 0.717) is 18.7 Å². The van der Waals surface area contributed by atoms with Crippen LogP contribution in [0.25, 0.3) is 0 Å². The lowest BCUT2D eigenvalue weighted by Crippen LogP contribution is -2.64. The lowest BCUT2D eigenvalue weighted by atomic mass is 9.81. The van der Waals surface area contributed by atoms with Crippen LogP contribution in [0, 0.1) is 0 Å². The summed E-state index contributed by atoms with van der Waals surface area (Å²) in [6.07, 6.45) is 0.337. The summed E-state index contributed by atoms with van der Waals surface area (Å²) >= 11 is 1.48. The van der Waals surface area contributed by atoms with E-state index in [1.54, 1.807) is 24.0 Å². The summed E-state index contributed by atoms with van der Waals surface area (Å²) in [5, 5.41) is 15.8. The van der Waals surface area contributed by atoms with E-state index in [4.69, 9.17) is 9.47 Å². The average Bonchev–Trinajstić information content (AvgIpc) is 3.23. The third kappa shape index (κ3) is 5.14. The van der Waals surface area contributed by atoms with Crippen molar-refractivity contribution in [2.75, 3.05) is 26.9 Å². The van der Waals surface area contributed by atoms with Crippen LogP contribution in [0.2, 0.25) is 0 Å². The number of piperidine rings is 1. The number of hydrogen-bond acceptors (Lipinski definition) is 6. The topological polar surface area (TPSA) is 88.1 Å². The van der Waals surface area contributed by atoms with Crippen LogP contribution in [0.3, 0.4) is 0 Å². The Hall–Kier alpha value is -2.42. The van der Waals surface area contributed by atoms with Gasteiger partial charge in [0.2, 0.25) is 5.91 Å². The van der Waals surface area contributed by atoms with Gasteiger partial charge in [-0.3, -0.25) is 9.59 Å². The van der Waals surface area contributed by atoms with E-state index < -0.39 is 17.7 Å². The zero-order valence-corrected chi connectivity index (χ0v) is 17.4. The van der Waals surface area contributed by atoms with Crippen molar-refractivity contribution >= 4 is 23.2 Å². The number of aliphatic hydroxyl groups is 1. The molecular weight excluding hydrogens is 392 g/mol. The van der Waals surface area contributed by atoms with Crippen LogP contribution in [0.1, 0.15) is 24.3 Å². The quantitative estimate of drug-likeness (QED) is 0.718. The van der Waals surface area contributed by atoms with Gasteiger partial charge in [-0.15, -0.1) is 11.3 Å². The van der Waals surface area contributed by atoms with Gasteiger partial charge < -0.3 is 24.8 Å². The summed E-state index contributed by atoms with van der Waals surface area (Å²) in [7, 11) is 1.44. The number of amides is 2. The molecule has 0 aliphatic carbocycles. The van der Waals surface area contributed by atoms with Gasteiger partial charge in [-0.05, 0) is 36.9 Å². The first-order valence-electron chi connectivity index (χ1n) is 9.44. The number of benzene rings is 1. The van der Waals surface area contributed by atoms with Crippen LogP contribution in [0.4, 0.5) is 0 Å². The number of hydrogen-bond donors (Lipinski definition) is 2. The van der Waals surface area contributed by atoms with Crippen molar-refractivity contribution < 1.29 is 24.2 Å². The number of likely N-dealkylation sites (tertiary alicyclic amines) is 1. The van der Waals surface area contributed by atoms with Gasteiger partial charge in [0.05, 0.1) is 17.7 Å². The Kier molecular flexibility index (Phi) is 6.89. The lowest BCUT2D eigenvalue weighted by molar-refractivity contribution is -0.148. The van der Waals surface area contributed by atoms with Gasteiger partial charge in [0.25, 0.3) is 5.91 Å². The summed E-state index contributed by atoms with van der Waals surface area (Å²) in [6.45, 7) is 1.82. The van der Waals surface area contributed by atoms with Gasteiger partial charge in [-0.25, -0.2) is 0 Å². The molecule has 0 radical (unpaired) electrons. The molecule has 2 N–H and O–H groups in total. The highest BCUT2D eigenvalue weighted by Gasteiger charge is 2.48. The van der Waals surface area contributed by atoms with E-state index in [2.05, 4.69) is 5.32 Å². The van der Waals surface area contributed by atoms with E-state index in [1.807, 2.05) is 35.7 Å². The Bertz CT molecular complexity index is 810. The predicted molar refractivity (Wildman–Crippen MR) is 110 cm³/mol. The standard InChI is InChI=1S/C21H26N2O5S/c1-21(26)10-11-23(18(25)14-28-15-7-4-3-5-8-15)19(16-9-6-12-29-16)20(21)22-17(24)13-27-2/h3-9,12,19-20,26H,10-11,13-14H2,1-2H3,(H,22,24)/t19-,20-,21+/m0/s1. The third-order valence-corrected chi connectivity index (χ3v) is 5.98. The Balaban J connectivity index is 1.83. The normalized spacial score (nSPS) is 24.2. The van der Waals surface area contributed by atoms with Crippen molar-refractivity contribution in [1.29, 1.82) is 0 Å². The van der Waals surface area contributed by atoms with Gasteiger partial charge >= 0.3 is 0 Å². The molecule has 156 valence electrons. The first-order valence-corrected chi connectivity index (χ1v) is 10.3. The smallest absolute Gasteiger partial charge is 0.261 e. The highest BCUT2D eigenvalue weighted by molar-refractivity contribution is 7.10.